The summed E-state index contributed by atoms with van der Waals surface area (Å²) in [5, 5.41) is 6.24. The van der Waals surface area contributed by atoms with Crippen molar-refractivity contribution in [3.63, 3.8) is 0 Å². The van der Waals surface area contributed by atoms with Gasteiger partial charge in [-0.05, 0) is 42.8 Å². The van der Waals surface area contributed by atoms with Crippen LogP contribution in [0.3, 0.4) is 0 Å². The second-order valence-corrected chi connectivity index (χ2v) is 7.24. The molecule has 0 spiro atoms. The van der Waals surface area contributed by atoms with Crippen molar-refractivity contribution in [1.29, 1.82) is 0 Å². The third kappa shape index (κ3) is 2.96. The first-order valence-corrected chi connectivity index (χ1v) is 9.97. The number of aromatic amines is 1. The highest BCUT2D eigenvalue weighted by molar-refractivity contribution is 6.08. The molecule has 0 saturated heterocycles. The lowest BCUT2D eigenvalue weighted by atomic mass is 10.1. The molecule has 4 nitrogen and oxygen atoms in total. The van der Waals surface area contributed by atoms with Crippen molar-refractivity contribution in [2.75, 3.05) is 6.54 Å². The van der Waals surface area contributed by atoms with Gasteiger partial charge in [0.05, 0.1) is 11.0 Å². The van der Waals surface area contributed by atoms with Crippen LogP contribution in [0.2, 0.25) is 0 Å². The summed E-state index contributed by atoms with van der Waals surface area (Å²) in [7, 11) is 0. The molecule has 0 atom stereocenters. The van der Waals surface area contributed by atoms with E-state index < -0.39 is 0 Å². The first-order chi connectivity index (χ1) is 13.8. The molecule has 0 aliphatic heterocycles. The van der Waals surface area contributed by atoms with Gasteiger partial charge in [-0.25, -0.2) is 4.98 Å². The van der Waals surface area contributed by atoms with Crippen molar-refractivity contribution in [2.45, 2.75) is 26.4 Å². The van der Waals surface area contributed by atoms with Crippen molar-refractivity contribution >= 4 is 32.8 Å². The maximum atomic E-state index is 4.65. The first kappa shape index (κ1) is 17.0. The molecule has 5 rings (SSSR count). The van der Waals surface area contributed by atoms with Gasteiger partial charge in [0.2, 0.25) is 0 Å². The van der Waals surface area contributed by atoms with Crippen LogP contribution in [-0.4, -0.2) is 21.1 Å². The van der Waals surface area contributed by atoms with Gasteiger partial charge in [0.1, 0.15) is 5.82 Å². The Labute approximate surface area is 164 Å². The maximum absolute atomic E-state index is 4.65. The highest BCUT2D eigenvalue weighted by atomic mass is 15.0. The maximum Gasteiger partial charge on any atom is 0.108 e. The normalized spacial score (nSPS) is 11.8. The number of para-hydroxylation sites is 3. The number of aryl methyl sites for hydroxylation is 1. The van der Waals surface area contributed by atoms with Crippen LogP contribution in [0.1, 0.15) is 18.3 Å². The van der Waals surface area contributed by atoms with E-state index in [1.165, 1.54) is 27.4 Å². The SMILES string of the molecule is CCn1c2ccccc2c2cc(CNCCc3nc4ccccc4[nH]3)ccc21. The van der Waals surface area contributed by atoms with E-state index in [1.807, 2.05) is 18.2 Å². The third-order valence-corrected chi connectivity index (χ3v) is 5.46. The summed E-state index contributed by atoms with van der Waals surface area (Å²) < 4.78 is 2.39. The molecule has 3 aromatic carbocycles. The average Bonchev–Trinajstić information content (AvgIpc) is 3.29. The third-order valence-electron chi connectivity index (χ3n) is 5.46. The topological polar surface area (TPSA) is 45.6 Å². The number of nitrogens with zero attached hydrogens (tertiary/aromatic N) is 2. The molecule has 0 saturated carbocycles. The minimum absolute atomic E-state index is 0.863. The van der Waals surface area contributed by atoms with E-state index in [2.05, 4.69) is 75.3 Å². The Morgan fingerprint density at radius 3 is 2.64 bits per heavy atom. The Morgan fingerprint density at radius 2 is 1.75 bits per heavy atom. The fraction of sp³-hybridized carbons (Fsp3) is 0.208. The van der Waals surface area contributed by atoms with Gasteiger partial charge in [0, 0.05) is 47.9 Å². The van der Waals surface area contributed by atoms with Crippen molar-refractivity contribution in [2.24, 2.45) is 0 Å². The van der Waals surface area contributed by atoms with Crippen LogP contribution in [0.25, 0.3) is 32.8 Å². The summed E-state index contributed by atoms with van der Waals surface area (Å²) in [5.41, 5.74) is 6.09. The number of aromatic nitrogens is 3. The van der Waals surface area contributed by atoms with Crippen LogP contribution in [-0.2, 0) is 19.5 Å². The molecule has 0 aliphatic rings. The Bertz CT molecular complexity index is 1230. The molecule has 4 heteroatoms. The number of H-pyrrole nitrogens is 1. The van der Waals surface area contributed by atoms with E-state index in [0.717, 1.165) is 42.9 Å². The van der Waals surface area contributed by atoms with Gasteiger partial charge in [0.25, 0.3) is 0 Å². The molecule has 0 amide bonds. The number of imidazole rings is 1. The lowest BCUT2D eigenvalue weighted by Crippen LogP contribution is -2.17. The monoisotopic (exact) mass is 368 g/mol. The van der Waals surface area contributed by atoms with Crippen LogP contribution in [0.5, 0.6) is 0 Å². The van der Waals surface area contributed by atoms with Crippen LogP contribution >= 0.6 is 0 Å². The van der Waals surface area contributed by atoms with E-state index in [9.17, 15) is 0 Å². The number of rotatable bonds is 6. The van der Waals surface area contributed by atoms with E-state index in [1.54, 1.807) is 0 Å². The molecule has 5 aromatic rings. The van der Waals surface area contributed by atoms with Crippen molar-refractivity contribution in [3.8, 4) is 0 Å². The quantitative estimate of drug-likeness (QED) is 0.413. The standard InChI is InChI=1S/C24H24N4/c1-2-28-22-10-6-3-7-18(22)19-15-17(11-12-23(19)28)16-25-14-13-24-26-20-8-4-5-9-21(20)27-24/h3-12,15,25H,2,13-14,16H2,1H3,(H,26,27). The first-order valence-electron chi connectivity index (χ1n) is 9.97. The molecule has 28 heavy (non-hydrogen) atoms. The molecule has 0 aliphatic carbocycles. The fourth-order valence-corrected chi connectivity index (χ4v) is 4.12. The molecular weight excluding hydrogens is 344 g/mol. The minimum Gasteiger partial charge on any atom is -0.342 e. The zero-order chi connectivity index (χ0) is 18.9. The summed E-state index contributed by atoms with van der Waals surface area (Å²) >= 11 is 0. The van der Waals surface area contributed by atoms with Gasteiger partial charge >= 0.3 is 0 Å². The number of nitrogens with one attached hydrogen (secondary N) is 2. The molecule has 140 valence electrons. The summed E-state index contributed by atoms with van der Waals surface area (Å²) in [6.07, 6.45) is 0.895. The summed E-state index contributed by atoms with van der Waals surface area (Å²) in [6.45, 7) is 4.95. The Morgan fingerprint density at radius 1 is 0.929 bits per heavy atom. The number of hydrogen-bond donors (Lipinski definition) is 2. The van der Waals surface area contributed by atoms with E-state index in [4.69, 9.17) is 0 Å². The van der Waals surface area contributed by atoms with Gasteiger partial charge in [0.15, 0.2) is 0 Å². The summed E-state index contributed by atoms with van der Waals surface area (Å²) in [5.74, 6) is 1.04. The van der Waals surface area contributed by atoms with Crippen molar-refractivity contribution in [3.05, 3.63) is 78.1 Å². The number of fused-ring (bicyclic) bond motifs is 4. The molecule has 2 heterocycles. The van der Waals surface area contributed by atoms with Gasteiger partial charge in [-0.2, -0.15) is 0 Å². The van der Waals surface area contributed by atoms with Gasteiger partial charge in [-0.1, -0.05) is 36.4 Å². The van der Waals surface area contributed by atoms with Gasteiger partial charge < -0.3 is 14.9 Å². The summed E-state index contributed by atoms with van der Waals surface area (Å²) in [6, 6.07) is 23.7. The minimum atomic E-state index is 0.863. The Kier molecular flexibility index (Phi) is 4.34. The molecule has 0 bridgehead atoms. The predicted molar refractivity (Wildman–Crippen MR) is 117 cm³/mol. The summed E-state index contributed by atoms with van der Waals surface area (Å²) in [4.78, 5) is 8.04. The van der Waals surface area contributed by atoms with Crippen LogP contribution in [0.15, 0.2) is 66.7 Å². The molecule has 0 unspecified atom stereocenters. The molecule has 2 N–H and O–H groups in total. The highest BCUT2D eigenvalue weighted by Crippen LogP contribution is 2.29. The zero-order valence-electron chi connectivity index (χ0n) is 16.1. The molecule has 0 fully saturated rings. The molecular formula is C24H24N4. The molecule has 2 aromatic heterocycles. The van der Waals surface area contributed by atoms with E-state index >= 15 is 0 Å². The second kappa shape index (κ2) is 7.13. The van der Waals surface area contributed by atoms with E-state index in [0.29, 0.717) is 0 Å². The lowest BCUT2D eigenvalue weighted by Gasteiger charge is -2.06. The number of benzene rings is 3. The average molecular weight is 368 g/mol. The predicted octanol–water partition coefficient (Wildman–Crippen LogP) is 5.02. The molecule has 0 radical (unpaired) electrons. The van der Waals surface area contributed by atoms with Crippen LogP contribution in [0, 0.1) is 0 Å². The Balaban J connectivity index is 1.30. The van der Waals surface area contributed by atoms with Crippen molar-refractivity contribution < 1.29 is 0 Å². The van der Waals surface area contributed by atoms with Crippen LogP contribution < -0.4 is 5.32 Å². The smallest absolute Gasteiger partial charge is 0.108 e. The van der Waals surface area contributed by atoms with Gasteiger partial charge in [-0.3, -0.25) is 0 Å². The largest absolute Gasteiger partial charge is 0.342 e. The van der Waals surface area contributed by atoms with Crippen LogP contribution in [0.4, 0.5) is 0 Å². The zero-order valence-corrected chi connectivity index (χ0v) is 16.1. The van der Waals surface area contributed by atoms with Gasteiger partial charge in [-0.15, -0.1) is 0 Å². The second-order valence-electron chi connectivity index (χ2n) is 7.24. The van der Waals surface area contributed by atoms with Crippen molar-refractivity contribution in [1.82, 2.24) is 19.9 Å². The Hall–Kier alpha value is -3.11. The van der Waals surface area contributed by atoms with E-state index in [-0.39, 0.29) is 0 Å². The number of hydrogen-bond acceptors (Lipinski definition) is 2. The lowest BCUT2D eigenvalue weighted by molar-refractivity contribution is 0.675. The highest BCUT2D eigenvalue weighted by Gasteiger charge is 2.09. The fourth-order valence-electron chi connectivity index (χ4n) is 4.12.